The molecule has 0 radical (unpaired) electrons. The number of hydrogen-bond donors (Lipinski definition) is 1. The minimum Gasteiger partial charge on any atom is -0.437 e. The molecule has 6 heteroatoms. The van der Waals surface area contributed by atoms with Gasteiger partial charge in [0, 0.05) is 23.3 Å². The monoisotopic (exact) mass is 326 g/mol. The average molecular weight is 326 g/mol. The highest BCUT2D eigenvalue weighted by molar-refractivity contribution is 7.11. The molecule has 0 atom stereocenters. The zero-order valence-electron chi connectivity index (χ0n) is 13.1. The molecule has 0 amide bonds. The molecule has 23 heavy (non-hydrogen) atoms. The van der Waals surface area contributed by atoms with Crippen molar-refractivity contribution in [3.05, 3.63) is 58.9 Å². The molecule has 0 unspecified atom stereocenters. The maximum Gasteiger partial charge on any atom is 0.219 e. The summed E-state index contributed by atoms with van der Waals surface area (Å²) in [5, 5.41) is 4.40. The number of nitrogens with zero attached hydrogens (tertiary/aromatic N) is 3. The maximum absolute atomic E-state index is 5.61. The summed E-state index contributed by atoms with van der Waals surface area (Å²) in [4.78, 5) is 14.0. The van der Waals surface area contributed by atoms with Crippen LogP contribution in [0.5, 0.6) is 11.6 Å². The van der Waals surface area contributed by atoms with Gasteiger partial charge >= 0.3 is 0 Å². The molecule has 0 aliphatic rings. The third-order valence-electron chi connectivity index (χ3n) is 3.18. The van der Waals surface area contributed by atoms with Crippen LogP contribution in [0.1, 0.15) is 29.7 Å². The number of nitrogens with one attached hydrogen (secondary N) is 1. The Bertz CT molecular complexity index is 741. The Kier molecular flexibility index (Phi) is 4.83. The molecule has 1 N–H and O–H groups in total. The predicted octanol–water partition coefficient (Wildman–Crippen LogP) is 4.46. The van der Waals surface area contributed by atoms with Gasteiger partial charge < -0.3 is 10.1 Å². The molecule has 0 bridgehead atoms. The smallest absolute Gasteiger partial charge is 0.219 e. The van der Waals surface area contributed by atoms with Crippen LogP contribution < -0.4 is 10.1 Å². The van der Waals surface area contributed by atoms with Gasteiger partial charge in [0.05, 0.1) is 24.6 Å². The first-order chi connectivity index (χ1) is 11.2. The molecule has 0 aromatic carbocycles. The van der Waals surface area contributed by atoms with Gasteiger partial charge in [0.15, 0.2) is 0 Å². The lowest BCUT2D eigenvalue weighted by Crippen LogP contribution is -1.99. The van der Waals surface area contributed by atoms with Crippen molar-refractivity contribution in [2.45, 2.75) is 26.3 Å². The second-order valence-corrected chi connectivity index (χ2v) is 6.49. The zero-order chi connectivity index (χ0) is 16.1. The summed E-state index contributed by atoms with van der Waals surface area (Å²) in [7, 11) is 0. The Morgan fingerprint density at radius 1 is 1.13 bits per heavy atom. The summed E-state index contributed by atoms with van der Waals surface area (Å²) in [5.74, 6) is 1.73. The van der Waals surface area contributed by atoms with Gasteiger partial charge in [-0.1, -0.05) is 13.8 Å². The van der Waals surface area contributed by atoms with Crippen LogP contribution in [-0.4, -0.2) is 15.0 Å². The fourth-order valence-corrected chi connectivity index (χ4v) is 2.79. The number of pyridine rings is 2. The Morgan fingerprint density at radius 3 is 2.70 bits per heavy atom. The molecule has 3 aromatic heterocycles. The molecule has 3 aromatic rings. The number of anilines is 1. The zero-order valence-corrected chi connectivity index (χ0v) is 13.9. The normalized spacial score (nSPS) is 10.7. The molecule has 5 nitrogen and oxygen atoms in total. The van der Waals surface area contributed by atoms with E-state index in [1.54, 1.807) is 29.9 Å². The quantitative estimate of drug-likeness (QED) is 0.724. The van der Waals surface area contributed by atoms with Crippen LogP contribution in [0.2, 0.25) is 0 Å². The van der Waals surface area contributed by atoms with Gasteiger partial charge in [0.1, 0.15) is 10.8 Å². The second kappa shape index (κ2) is 7.19. The van der Waals surface area contributed by atoms with Gasteiger partial charge in [-0.3, -0.25) is 4.98 Å². The van der Waals surface area contributed by atoms with Crippen LogP contribution in [0.25, 0.3) is 0 Å². The Morgan fingerprint density at radius 2 is 2.04 bits per heavy atom. The van der Waals surface area contributed by atoms with Crippen LogP contribution in [0.15, 0.2) is 49.1 Å². The molecular weight excluding hydrogens is 308 g/mol. The van der Waals surface area contributed by atoms with E-state index >= 15 is 0 Å². The number of rotatable bonds is 6. The van der Waals surface area contributed by atoms with Gasteiger partial charge in [0.25, 0.3) is 0 Å². The maximum atomic E-state index is 5.61. The summed E-state index contributed by atoms with van der Waals surface area (Å²) < 4.78 is 5.61. The van der Waals surface area contributed by atoms with Crippen molar-refractivity contribution in [2.24, 2.45) is 0 Å². The van der Waals surface area contributed by atoms with E-state index in [9.17, 15) is 0 Å². The van der Waals surface area contributed by atoms with Crippen LogP contribution in [0.4, 0.5) is 5.69 Å². The van der Waals surface area contributed by atoms with Crippen LogP contribution in [0.3, 0.4) is 0 Å². The molecule has 0 saturated carbocycles. The summed E-state index contributed by atoms with van der Waals surface area (Å²) in [6, 6.07) is 7.44. The minimum absolute atomic E-state index is 0.520. The molecular formula is C17H18N4OS. The average Bonchev–Trinajstić information content (AvgIpc) is 3.04. The Balaban J connectivity index is 1.56. The fraction of sp³-hybridized carbons (Fsp3) is 0.235. The Hall–Kier alpha value is -2.47. The van der Waals surface area contributed by atoms with Crippen molar-refractivity contribution in [3.63, 3.8) is 0 Å². The number of hydrogen-bond acceptors (Lipinski definition) is 6. The molecule has 0 aliphatic heterocycles. The lowest BCUT2D eigenvalue weighted by atomic mass is 10.2. The van der Waals surface area contributed by atoms with Crippen molar-refractivity contribution >= 4 is 17.0 Å². The number of ether oxygens (including phenoxy) is 1. The predicted molar refractivity (Wildman–Crippen MR) is 92.1 cm³/mol. The van der Waals surface area contributed by atoms with Crippen LogP contribution >= 0.6 is 11.3 Å². The topological polar surface area (TPSA) is 59.9 Å². The highest BCUT2D eigenvalue weighted by atomic mass is 32.1. The standard InChI is InChI=1S/C17H18N4OS/c1-12(2)15-10-21-17(23-15)11-19-13-5-6-16(20-8-13)22-14-4-3-7-18-9-14/h3-10,12,19H,11H2,1-2H3. The summed E-state index contributed by atoms with van der Waals surface area (Å²) >= 11 is 1.74. The third kappa shape index (κ3) is 4.26. The van der Waals surface area contributed by atoms with E-state index in [-0.39, 0.29) is 0 Å². The van der Waals surface area contributed by atoms with Crippen LogP contribution in [-0.2, 0) is 6.54 Å². The van der Waals surface area contributed by atoms with Crippen molar-refractivity contribution in [1.29, 1.82) is 0 Å². The van der Waals surface area contributed by atoms with Crippen molar-refractivity contribution < 1.29 is 4.74 Å². The minimum atomic E-state index is 0.520. The molecule has 0 spiro atoms. The van der Waals surface area contributed by atoms with E-state index in [4.69, 9.17) is 4.74 Å². The van der Waals surface area contributed by atoms with Gasteiger partial charge in [0.2, 0.25) is 5.88 Å². The summed E-state index contributed by atoms with van der Waals surface area (Å²) in [6.45, 7) is 5.05. The summed E-state index contributed by atoms with van der Waals surface area (Å²) in [6.07, 6.45) is 7.07. The molecule has 3 rings (SSSR count). The van der Waals surface area contributed by atoms with E-state index in [1.807, 2.05) is 30.5 Å². The summed E-state index contributed by atoms with van der Waals surface area (Å²) in [5.41, 5.74) is 0.935. The number of thiazole rings is 1. The highest BCUT2D eigenvalue weighted by Crippen LogP contribution is 2.23. The number of aromatic nitrogens is 3. The van der Waals surface area contributed by atoms with Gasteiger partial charge in [-0.05, 0) is 24.1 Å². The first kappa shape index (κ1) is 15.4. The lowest BCUT2D eigenvalue weighted by molar-refractivity contribution is 0.461. The van der Waals surface area contributed by atoms with Crippen molar-refractivity contribution in [1.82, 2.24) is 15.0 Å². The first-order valence-corrected chi connectivity index (χ1v) is 8.25. The molecule has 0 aliphatic carbocycles. The van der Waals surface area contributed by atoms with Crippen LogP contribution in [0, 0.1) is 0 Å². The Labute approximate surface area is 139 Å². The molecule has 0 saturated heterocycles. The molecule has 0 fully saturated rings. The SMILES string of the molecule is CC(C)c1cnc(CNc2ccc(Oc3cccnc3)nc2)s1. The largest absolute Gasteiger partial charge is 0.437 e. The third-order valence-corrected chi connectivity index (χ3v) is 4.48. The van der Waals surface area contributed by atoms with Crippen molar-refractivity contribution in [2.75, 3.05) is 5.32 Å². The van der Waals surface area contributed by atoms with E-state index < -0.39 is 0 Å². The second-order valence-electron chi connectivity index (χ2n) is 5.34. The molecule has 3 heterocycles. The lowest BCUT2D eigenvalue weighted by Gasteiger charge is -2.06. The van der Waals surface area contributed by atoms with E-state index in [0.717, 1.165) is 10.7 Å². The van der Waals surface area contributed by atoms with E-state index in [2.05, 4.69) is 34.1 Å². The van der Waals surface area contributed by atoms with Crippen molar-refractivity contribution in [3.8, 4) is 11.6 Å². The fourth-order valence-electron chi connectivity index (χ4n) is 1.92. The van der Waals surface area contributed by atoms with Gasteiger partial charge in [-0.2, -0.15) is 0 Å². The van der Waals surface area contributed by atoms with E-state index in [0.29, 0.717) is 24.1 Å². The van der Waals surface area contributed by atoms with Gasteiger partial charge in [-0.15, -0.1) is 11.3 Å². The first-order valence-electron chi connectivity index (χ1n) is 7.43. The van der Waals surface area contributed by atoms with E-state index in [1.165, 1.54) is 4.88 Å². The van der Waals surface area contributed by atoms with Gasteiger partial charge in [-0.25, -0.2) is 9.97 Å². The molecule has 118 valence electrons. The highest BCUT2D eigenvalue weighted by Gasteiger charge is 2.05.